The van der Waals surface area contributed by atoms with Crippen molar-refractivity contribution >= 4 is 0 Å². The molecule has 1 aromatic rings. The largest absolute Gasteiger partial charge is 0.339 e. The SMILES string of the molecule is CC(C)CC(N)Cc1nc(CC(C)(C)C)no1. The average molecular weight is 239 g/mol. The predicted octanol–water partition coefficient (Wildman–Crippen LogP) is 2.57. The fraction of sp³-hybridized carbons (Fsp3) is 0.846. The number of aromatic nitrogens is 2. The van der Waals surface area contributed by atoms with Crippen molar-refractivity contribution in [1.82, 2.24) is 10.1 Å². The molecule has 1 heterocycles. The van der Waals surface area contributed by atoms with Gasteiger partial charge in [0.05, 0.1) is 0 Å². The van der Waals surface area contributed by atoms with Gasteiger partial charge in [0.15, 0.2) is 5.82 Å². The zero-order valence-electron chi connectivity index (χ0n) is 11.7. The smallest absolute Gasteiger partial charge is 0.228 e. The van der Waals surface area contributed by atoms with Crippen LogP contribution in [-0.4, -0.2) is 16.2 Å². The van der Waals surface area contributed by atoms with Gasteiger partial charge in [0.1, 0.15) is 0 Å². The monoisotopic (exact) mass is 239 g/mol. The minimum absolute atomic E-state index is 0.109. The highest BCUT2D eigenvalue weighted by Crippen LogP contribution is 2.19. The van der Waals surface area contributed by atoms with E-state index in [4.69, 9.17) is 10.3 Å². The molecule has 2 N–H and O–H groups in total. The summed E-state index contributed by atoms with van der Waals surface area (Å²) in [5.74, 6) is 2.05. The summed E-state index contributed by atoms with van der Waals surface area (Å²) in [5, 5.41) is 3.99. The second-order valence-electron chi connectivity index (χ2n) is 6.44. The van der Waals surface area contributed by atoms with Crippen molar-refractivity contribution in [3.05, 3.63) is 11.7 Å². The van der Waals surface area contributed by atoms with Gasteiger partial charge in [0, 0.05) is 18.9 Å². The van der Waals surface area contributed by atoms with Crippen LogP contribution in [0.5, 0.6) is 0 Å². The van der Waals surface area contributed by atoms with E-state index in [1.165, 1.54) is 0 Å². The molecule has 0 fully saturated rings. The lowest BCUT2D eigenvalue weighted by Crippen LogP contribution is -2.24. The lowest BCUT2D eigenvalue weighted by Gasteiger charge is -2.14. The van der Waals surface area contributed by atoms with Crippen LogP contribution in [0.15, 0.2) is 4.52 Å². The van der Waals surface area contributed by atoms with E-state index in [1.54, 1.807) is 0 Å². The van der Waals surface area contributed by atoms with E-state index in [9.17, 15) is 0 Å². The van der Waals surface area contributed by atoms with E-state index in [0.717, 1.165) is 18.7 Å². The van der Waals surface area contributed by atoms with Gasteiger partial charge >= 0.3 is 0 Å². The first-order chi connectivity index (χ1) is 7.76. The van der Waals surface area contributed by atoms with E-state index in [1.807, 2.05) is 0 Å². The summed E-state index contributed by atoms with van der Waals surface area (Å²) in [7, 11) is 0. The number of rotatable bonds is 5. The molecule has 0 bridgehead atoms. The molecule has 1 atom stereocenters. The highest BCUT2D eigenvalue weighted by atomic mass is 16.5. The van der Waals surface area contributed by atoms with Gasteiger partial charge in [-0.2, -0.15) is 4.98 Å². The Hall–Kier alpha value is -0.900. The molecular formula is C13H25N3O. The molecule has 0 radical (unpaired) electrons. The van der Waals surface area contributed by atoms with Crippen molar-refractivity contribution in [2.24, 2.45) is 17.1 Å². The van der Waals surface area contributed by atoms with Gasteiger partial charge in [-0.25, -0.2) is 0 Å². The topological polar surface area (TPSA) is 64.9 Å². The molecule has 0 amide bonds. The highest BCUT2D eigenvalue weighted by Gasteiger charge is 2.17. The van der Waals surface area contributed by atoms with Crippen LogP contribution in [0.4, 0.5) is 0 Å². The van der Waals surface area contributed by atoms with E-state index in [0.29, 0.717) is 18.2 Å². The van der Waals surface area contributed by atoms with Gasteiger partial charge in [-0.15, -0.1) is 0 Å². The summed E-state index contributed by atoms with van der Waals surface area (Å²) in [6, 6.07) is 0.109. The quantitative estimate of drug-likeness (QED) is 0.857. The molecule has 1 rings (SSSR count). The first-order valence-corrected chi connectivity index (χ1v) is 6.33. The number of nitrogens with two attached hydrogens (primary N) is 1. The second-order valence-corrected chi connectivity index (χ2v) is 6.44. The van der Waals surface area contributed by atoms with Crippen LogP contribution in [0.25, 0.3) is 0 Å². The van der Waals surface area contributed by atoms with Crippen molar-refractivity contribution in [2.45, 2.75) is 59.9 Å². The molecular weight excluding hydrogens is 214 g/mol. The highest BCUT2D eigenvalue weighted by molar-refractivity contribution is 4.92. The normalized spacial score (nSPS) is 14.3. The van der Waals surface area contributed by atoms with Gasteiger partial charge in [0.25, 0.3) is 0 Å². The molecule has 0 spiro atoms. The van der Waals surface area contributed by atoms with Crippen LogP contribution in [0.3, 0.4) is 0 Å². The van der Waals surface area contributed by atoms with E-state index in [-0.39, 0.29) is 11.5 Å². The van der Waals surface area contributed by atoms with E-state index in [2.05, 4.69) is 44.8 Å². The Labute approximate surface area is 104 Å². The van der Waals surface area contributed by atoms with E-state index < -0.39 is 0 Å². The molecule has 0 aliphatic heterocycles. The van der Waals surface area contributed by atoms with Crippen LogP contribution < -0.4 is 5.73 Å². The summed E-state index contributed by atoms with van der Waals surface area (Å²) >= 11 is 0. The van der Waals surface area contributed by atoms with Crippen molar-refractivity contribution in [2.75, 3.05) is 0 Å². The third-order valence-electron chi connectivity index (χ3n) is 2.41. The molecule has 0 aliphatic carbocycles. The average Bonchev–Trinajstić information content (AvgIpc) is 2.46. The molecule has 0 aromatic carbocycles. The molecule has 0 saturated carbocycles. The zero-order valence-corrected chi connectivity index (χ0v) is 11.7. The number of hydrogen-bond acceptors (Lipinski definition) is 4. The van der Waals surface area contributed by atoms with Crippen LogP contribution in [-0.2, 0) is 12.8 Å². The maximum Gasteiger partial charge on any atom is 0.228 e. The second kappa shape index (κ2) is 5.63. The maximum atomic E-state index is 6.02. The predicted molar refractivity (Wildman–Crippen MR) is 68.6 cm³/mol. The van der Waals surface area contributed by atoms with Gasteiger partial charge in [-0.1, -0.05) is 39.8 Å². The fourth-order valence-electron chi connectivity index (χ4n) is 1.83. The fourth-order valence-corrected chi connectivity index (χ4v) is 1.83. The van der Waals surface area contributed by atoms with Crippen LogP contribution in [0.2, 0.25) is 0 Å². The summed E-state index contributed by atoms with van der Waals surface area (Å²) in [4.78, 5) is 4.39. The van der Waals surface area contributed by atoms with Crippen molar-refractivity contribution < 1.29 is 4.52 Å². The van der Waals surface area contributed by atoms with Crippen LogP contribution in [0, 0.1) is 11.3 Å². The zero-order chi connectivity index (χ0) is 13.1. The standard InChI is InChI=1S/C13H25N3O/c1-9(2)6-10(14)7-12-15-11(16-17-12)8-13(3,4)5/h9-10H,6-8,14H2,1-5H3. The Morgan fingerprint density at radius 2 is 1.94 bits per heavy atom. The minimum atomic E-state index is 0.109. The minimum Gasteiger partial charge on any atom is -0.339 e. The van der Waals surface area contributed by atoms with Crippen molar-refractivity contribution in [3.8, 4) is 0 Å². The molecule has 17 heavy (non-hydrogen) atoms. The Bertz CT molecular complexity index is 339. The van der Waals surface area contributed by atoms with E-state index >= 15 is 0 Å². The van der Waals surface area contributed by atoms with Gasteiger partial charge in [-0.3, -0.25) is 0 Å². The summed E-state index contributed by atoms with van der Waals surface area (Å²) in [5.41, 5.74) is 6.20. The third-order valence-corrected chi connectivity index (χ3v) is 2.41. The lowest BCUT2D eigenvalue weighted by atomic mass is 9.92. The maximum absolute atomic E-state index is 6.02. The first kappa shape index (κ1) is 14.2. The molecule has 1 unspecified atom stereocenters. The molecule has 4 nitrogen and oxygen atoms in total. The Morgan fingerprint density at radius 1 is 1.29 bits per heavy atom. The van der Waals surface area contributed by atoms with Crippen molar-refractivity contribution in [3.63, 3.8) is 0 Å². The molecule has 4 heteroatoms. The van der Waals surface area contributed by atoms with Crippen molar-refractivity contribution in [1.29, 1.82) is 0 Å². The van der Waals surface area contributed by atoms with Crippen LogP contribution >= 0.6 is 0 Å². The van der Waals surface area contributed by atoms with Gasteiger partial charge in [0.2, 0.25) is 5.89 Å². The summed E-state index contributed by atoms with van der Waals surface area (Å²) in [6.45, 7) is 10.8. The molecule has 98 valence electrons. The Morgan fingerprint density at radius 3 is 2.47 bits per heavy atom. The molecule has 0 aliphatic rings. The lowest BCUT2D eigenvalue weighted by molar-refractivity contribution is 0.343. The first-order valence-electron chi connectivity index (χ1n) is 6.33. The third kappa shape index (κ3) is 5.82. The summed E-state index contributed by atoms with van der Waals surface area (Å²) < 4.78 is 5.22. The van der Waals surface area contributed by atoms with Gasteiger partial charge in [-0.05, 0) is 17.8 Å². The summed E-state index contributed by atoms with van der Waals surface area (Å²) in [6.07, 6.45) is 2.49. The van der Waals surface area contributed by atoms with Crippen LogP contribution in [0.1, 0.15) is 52.8 Å². The van der Waals surface area contributed by atoms with Gasteiger partial charge < -0.3 is 10.3 Å². The molecule has 0 saturated heterocycles. The number of nitrogens with zero attached hydrogens (tertiary/aromatic N) is 2. The Balaban J connectivity index is 2.51. The number of hydrogen-bond donors (Lipinski definition) is 1. The Kier molecular flexibility index (Phi) is 4.69. The molecule has 1 aromatic heterocycles.